The van der Waals surface area contributed by atoms with E-state index in [1.54, 1.807) is 0 Å². The highest BCUT2D eigenvalue weighted by atomic mass is 79.9. The highest BCUT2D eigenvalue weighted by molar-refractivity contribution is 9.10. The van der Waals surface area contributed by atoms with Crippen LogP contribution in [-0.4, -0.2) is 14.8 Å². The SMILES string of the molecule is CC(C)c1ccc(C2C=C(c3ccc(Br)cc3)Nc3nc(C(F)(F)F)nn32)cc1. The van der Waals surface area contributed by atoms with Crippen molar-refractivity contribution in [3.05, 3.63) is 81.6 Å². The molecule has 1 unspecified atom stereocenters. The maximum atomic E-state index is 13.2. The first-order chi connectivity index (χ1) is 13.7. The van der Waals surface area contributed by atoms with Crippen molar-refractivity contribution in [2.75, 3.05) is 5.32 Å². The van der Waals surface area contributed by atoms with Crippen LogP contribution in [-0.2, 0) is 6.18 Å². The summed E-state index contributed by atoms with van der Waals surface area (Å²) in [5, 5.41) is 6.74. The maximum absolute atomic E-state index is 13.2. The minimum atomic E-state index is -4.62. The van der Waals surface area contributed by atoms with Crippen LogP contribution in [0.1, 0.15) is 48.3 Å². The third-order valence-corrected chi connectivity index (χ3v) is 5.35. The number of benzene rings is 2. The Bertz CT molecular complexity index is 1050. The Balaban J connectivity index is 1.81. The van der Waals surface area contributed by atoms with Gasteiger partial charge in [-0.15, -0.1) is 5.10 Å². The summed E-state index contributed by atoms with van der Waals surface area (Å²) in [7, 11) is 0. The quantitative estimate of drug-likeness (QED) is 0.500. The molecular weight excluding hydrogens is 445 g/mol. The van der Waals surface area contributed by atoms with E-state index in [0.29, 0.717) is 11.6 Å². The molecule has 0 fully saturated rings. The number of alkyl halides is 3. The number of halogens is 4. The van der Waals surface area contributed by atoms with E-state index in [0.717, 1.165) is 21.2 Å². The molecule has 0 amide bonds. The second-order valence-electron chi connectivity index (χ2n) is 7.18. The zero-order valence-electron chi connectivity index (χ0n) is 15.7. The lowest BCUT2D eigenvalue weighted by Gasteiger charge is -2.24. The summed E-state index contributed by atoms with van der Waals surface area (Å²) in [4.78, 5) is 3.70. The maximum Gasteiger partial charge on any atom is 0.453 e. The number of aromatic nitrogens is 3. The van der Waals surface area contributed by atoms with Crippen LogP contribution in [0.4, 0.5) is 19.1 Å². The van der Waals surface area contributed by atoms with Gasteiger partial charge in [-0.05, 0) is 40.8 Å². The normalized spacial score (nSPS) is 16.4. The number of nitrogens with zero attached hydrogens (tertiary/aromatic N) is 3. The molecule has 150 valence electrons. The highest BCUT2D eigenvalue weighted by Crippen LogP contribution is 2.36. The number of nitrogens with one attached hydrogen (secondary N) is 1. The van der Waals surface area contributed by atoms with Crippen LogP contribution in [0.25, 0.3) is 5.70 Å². The average Bonchev–Trinajstić information content (AvgIpc) is 3.12. The fourth-order valence-corrected chi connectivity index (χ4v) is 3.49. The van der Waals surface area contributed by atoms with Gasteiger partial charge in [0, 0.05) is 10.2 Å². The van der Waals surface area contributed by atoms with Crippen molar-refractivity contribution in [2.45, 2.75) is 32.0 Å². The predicted molar refractivity (Wildman–Crippen MR) is 109 cm³/mol. The third kappa shape index (κ3) is 3.94. The minimum Gasteiger partial charge on any atom is -0.324 e. The fraction of sp³-hybridized carbons (Fsp3) is 0.238. The second kappa shape index (κ2) is 7.33. The van der Waals surface area contributed by atoms with E-state index in [9.17, 15) is 13.2 Å². The standard InChI is InChI=1S/C21H18BrF3N4/c1-12(2)13-3-5-15(6-4-13)18-11-17(14-7-9-16(22)10-8-14)26-20-27-19(21(23,24)25)28-29(18)20/h3-12,18H,1-2H3,(H,26,27,28). The number of fused-ring (bicyclic) bond motifs is 1. The molecule has 1 N–H and O–H groups in total. The Morgan fingerprint density at radius 1 is 1.03 bits per heavy atom. The molecule has 4 rings (SSSR count). The van der Waals surface area contributed by atoms with E-state index in [-0.39, 0.29) is 5.95 Å². The van der Waals surface area contributed by atoms with E-state index in [1.807, 2.05) is 54.6 Å². The van der Waals surface area contributed by atoms with Crippen LogP contribution in [0.2, 0.25) is 0 Å². The number of rotatable bonds is 3. The van der Waals surface area contributed by atoms with Gasteiger partial charge in [-0.1, -0.05) is 66.2 Å². The van der Waals surface area contributed by atoms with Gasteiger partial charge in [0.1, 0.15) is 6.04 Å². The molecule has 0 saturated heterocycles. The lowest BCUT2D eigenvalue weighted by Crippen LogP contribution is -2.20. The van der Waals surface area contributed by atoms with Crippen molar-refractivity contribution in [1.82, 2.24) is 14.8 Å². The van der Waals surface area contributed by atoms with E-state index < -0.39 is 18.0 Å². The second-order valence-corrected chi connectivity index (χ2v) is 8.10. The first-order valence-corrected chi connectivity index (χ1v) is 9.90. The summed E-state index contributed by atoms with van der Waals surface area (Å²) in [6, 6.07) is 14.9. The lowest BCUT2D eigenvalue weighted by atomic mass is 9.97. The molecule has 8 heteroatoms. The molecule has 0 aliphatic carbocycles. The molecule has 1 aliphatic heterocycles. The molecular formula is C21H18BrF3N4. The minimum absolute atomic E-state index is 0.0654. The van der Waals surface area contributed by atoms with Gasteiger partial charge in [-0.25, -0.2) is 4.68 Å². The van der Waals surface area contributed by atoms with Crippen LogP contribution in [0, 0.1) is 0 Å². The van der Waals surface area contributed by atoms with E-state index in [2.05, 4.69) is 45.2 Å². The zero-order valence-corrected chi connectivity index (χ0v) is 17.3. The van der Waals surface area contributed by atoms with Gasteiger partial charge in [-0.2, -0.15) is 18.2 Å². The van der Waals surface area contributed by atoms with Gasteiger partial charge in [-0.3, -0.25) is 0 Å². The Morgan fingerprint density at radius 2 is 1.69 bits per heavy atom. The Kier molecular flexibility index (Phi) is 4.98. The molecule has 0 saturated carbocycles. The van der Waals surface area contributed by atoms with Crippen molar-refractivity contribution in [2.24, 2.45) is 0 Å². The average molecular weight is 463 g/mol. The van der Waals surface area contributed by atoms with Crippen LogP contribution >= 0.6 is 15.9 Å². The largest absolute Gasteiger partial charge is 0.453 e. The van der Waals surface area contributed by atoms with Crippen LogP contribution in [0.5, 0.6) is 0 Å². The molecule has 0 radical (unpaired) electrons. The summed E-state index contributed by atoms with van der Waals surface area (Å²) in [5.41, 5.74) is 3.53. The molecule has 2 aromatic carbocycles. The number of hydrogen-bond acceptors (Lipinski definition) is 3. The summed E-state index contributed by atoms with van der Waals surface area (Å²) in [6.45, 7) is 4.19. The molecule has 29 heavy (non-hydrogen) atoms. The zero-order chi connectivity index (χ0) is 20.8. The van der Waals surface area contributed by atoms with Crippen molar-refractivity contribution in [1.29, 1.82) is 0 Å². The van der Waals surface area contributed by atoms with E-state index in [4.69, 9.17) is 0 Å². The summed E-state index contributed by atoms with van der Waals surface area (Å²) < 4.78 is 41.9. The molecule has 1 aromatic heterocycles. The molecule has 3 aromatic rings. The van der Waals surface area contributed by atoms with Gasteiger partial charge in [0.25, 0.3) is 5.82 Å². The topological polar surface area (TPSA) is 42.7 Å². The van der Waals surface area contributed by atoms with Gasteiger partial charge in [0.2, 0.25) is 5.95 Å². The first kappa shape index (κ1) is 19.7. The van der Waals surface area contributed by atoms with Crippen molar-refractivity contribution in [3.8, 4) is 0 Å². The van der Waals surface area contributed by atoms with E-state index in [1.165, 1.54) is 4.68 Å². The molecule has 0 spiro atoms. The van der Waals surface area contributed by atoms with Crippen molar-refractivity contribution in [3.63, 3.8) is 0 Å². The van der Waals surface area contributed by atoms with Gasteiger partial charge >= 0.3 is 6.18 Å². The Morgan fingerprint density at radius 3 is 2.28 bits per heavy atom. The molecule has 1 atom stereocenters. The van der Waals surface area contributed by atoms with Crippen LogP contribution in [0.15, 0.2) is 59.1 Å². The Hall–Kier alpha value is -2.61. The highest BCUT2D eigenvalue weighted by Gasteiger charge is 2.39. The number of hydrogen-bond donors (Lipinski definition) is 1. The van der Waals surface area contributed by atoms with E-state index >= 15 is 0 Å². The predicted octanol–water partition coefficient (Wildman–Crippen LogP) is 6.24. The smallest absolute Gasteiger partial charge is 0.324 e. The van der Waals surface area contributed by atoms with Crippen molar-refractivity contribution < 1.29 is 13.2 Å². The molecule has 2 heterocycles. The number of allylic oxidation sites excluding steroid dienone is 1. The monoisotopic (exact) mass is 462 g/mol. The molecule has 1 aliphatic rings. The fourth-order valence-electron chi connectivity index (χ4n) is 3.23. The van der Waals surface area contributed by atoms with Crippen LogP contribution in [0.3, 0.4) is 0 Å². The van der Waals surface area contributed by atoms with Crippen molar-refractivity contribution >= 4 is 27.6 Å². The van der Waals surface area contributed by atoms with Gasteiger partial charge in [0.05, 0.1) is 0 Å². The number of anilines is 1. The van der Waals surface area contributed by atoms with Gasteiger partial charge < -0.3 is 5.32 Å². The first-order valence-electron chi connectivity index (χ1n) is 9.11. The summed E-state index contributed by atoms with van der Waals surface area (Å²) in [5.74, 6) is -0.727. The molecule has 4 nitrogen and oxygen atoms in total. The summed E-state index contributed by atoms with van der Waals surface area (Å²) >= 11 is 3.40. The van der Waals surface area contributed by atoms with Gasteiger partial charge in [0.15, 0.2) is 0 Å². The Labute approximate surface area is 174 Å². The molecule has 0 bridgehead atoms. The summed E-state index contributed by atoms with van der Waals surface area (Å²) in [6.07, 6.45) is -2.74. The van der Waals surface area contributed by atoms with Crippen LogP contribution < -0.4 is 5.32 Å². The lowest BCUT2D eigenvalue weighted by molar-refractivity contribution is -0.145. The third-order valence-electron chi connectivity index (χ3n) is 4.82.